The van der Waals surface area contributed by atoms with Gasteiger partial charge in [-0.2, -0.15) is 0 Å². The summed E-state index contributed by atoms with van der Waals surface area (Å²) in [6, 6.07) is 8.40. The van der Waals surface area contributed by atoms with Gasteiger partial charge in [0, 0.05) is 10.4 Å². The molecular formula is C10H12BrCl. The molecule has 0 heterocycles. The summed E-state index contributed by atoms with van der Waals surface area (Å²) >= 11 is 9.13. The number of alkyl halides is 1. The molecule has 0 aliphatic carbocycles. The Kier molecular flexibility index (Phi) is 4.10. The minimum atomic E-state index is 0.563. The van der Waals surface area contributed by atoms with E-state index in [1.165, 1.54) is 5.56 Å². The molecule has 0 spiro atoms. The molecule has 0 saturated carbocycles. The van der Waals surface area contributed by atoms with Crippen LogP contribution in [-0.2, 0) is 6.42 Å². The summed E-state index contributed by atoms with van der Waals surface area (Å²) in [7, 11) is 0. The first-order valence-corrected chi connectivity index (χ1v) is 5.35. The molecule has 2 heteroatoms. The average Bonchev–Trinajstić information content (AvgIpc) is 2.09. The van der Waals surface area contributed by atoms with Crippen molar-refractivity contribution in [3.63, 3.8) is 0 Å². The zero-order valence-corrected chi connectivity index (χ0v) is 9.40. The maximum atomic E-state index is 5.72. The highest BCUT2D eigenvalue weighted by atomic mass is 79.9. The van der Waals surface area contributed by atoms with Crippen molar-refractivity contribution in [1.82, 2.24) is 0 Å². The Balaban J connectivity index is 2.58. The van der Waals surface area contributed by atoms with Gasteiger partial charge in [0.15, 0.2) is 0 Å². The summed E-state index contributed by atoms with van der Waals surface area (Å²) in [4.78, 5) is 0. The van der Waals surface area contributed by atoms with Crippen molar-refractivity contribution in [1.29, 1.82) is 0 Å². The summed E-state index contributed by atoms with van der Waals surface area (Å²) in [6.45, 7) is 2.16. The van der Waals surface area contributed by atoms with Crippen LogP contribution in [0.25, 0.3) is 0 Å². The molecule has 1 atom stereocenters. The fourth-order valence-electron chi connectivity index (χ4n) is 1.08. The predicted molar refractivity (Wildman–Crippen MR) is 57.7 cm³/mol. The standard InChI is InChI=1S/C10H12BrCl/c1-8(7-12)6-9-2-4-10(11)5-3-9/h2-5,8H,6-7H2,1H3. The molecule has 0 amide bonds. The predicted octanol–water partition coefficient (Wildman–Crippen LogP) is 3.87. The van der Waals surface area contributed by atoms with Gasteiger partial charge in [0.2, 0.25) is 0 Å². The Morgan fingerprint density at radius 2 is 1.92 bits per heavy atom. The van der Waals surface area contributed by atoms with E-state index in [0.29, 0.717) is 5.92 Å². The quantitative estimate of drug-likeness (QED) is 0.712. The molecule has 0 radical (unpaired) electrons. The summed E-state index contributed by atoms with van der Waals surface area (Å²) in [5, 5.41) is 0. The molecule has 66 valence electrons. The Hall–Kier alpha value is -0.0100. The van der Waals surface area contributed by atoms with E-state index in [4.69, 9.17) is 11.6 Å². The molecule has 1 rings (SSSR count). The largest absolute Gasteiger partial charge is 0.126 e. The third-order valence-electron chi connectivity index (χ3n) is 1.76. The SMILES string of the molecule is CC(CCl)Cc1ccc(Br)cc1. The fraction of sp³-hybridized carbons (Fsp3) is 0.400. The zero-order chi connectivity index (χ0) is 8.97. The average molecular weight is 248 g/mol. The molecule has 1 aromatic carbocycles. The summed E-state index contributed by atoms with van der Waals surface area (Å²) in [5.41, 5.74) is 1.35. The topological polar surface area (TPSA) is 0 Å². The lowest BCUT2D eigenvalue weighted by Gasteiger charge is -2.06. The highest BCUT2D eigenvalue weighted by molar-refractivity contribution is 9.10. The number of benzene rings is 1. The second-order valence-corrected chi connectivity index (χ2v) is 4.31. The molecule has 1 unspecified atom stereocenters. The van der Waals surface area contributed by atoms with Crippen LogP contribution in [0.5, 0.6) is 0 Å². The van der Waals surface area contributed by atoms with Gasteiger partial charge in [0.05, 0.1) is 0 Å². The summed E-state index contributed by atoms with van der Waals surface area (Å²) in [6.07, 6.45) is 1.07. The van der Waals surface area contributed by atoms with E-state index in [9.17, 15) is 0 Å². The van der Waals surface area contributed by atoms with Gasteiger partial charge < -0.3 is 0 Å². The minimum absolute atomic E-state index is 0.563. The van der Waals surface area contributed by atoms with Crippen molar-refractivity contribution in [3.05, 3.63) is 34.3 Å². The van der Waals surface area contributed by atoms with Gasteiger partial charge in [-0.05, 0) is 30.0 Å². The van der Waals surface area contributed by atoms with Crippen molar-refractivity contribution in [2.75, 3.05) is 5.88 Å². The number of halogens is 2. The van der Waals surface area contributed by atoms with Gasteiger partial charge in [-0.25, -0.2) is 0 Å². The molecule has 0 saturated heterocycles. The third kappa shape index (κ3) is 3.16. The fourth-order valence-corrected chi connectivity index (χ4v) is 1.45. The second-order valence-electron chi connectivity index (χ2n) is 3.09. The molecule has 0 aromatic heterocycles. The maximum Gasteiger partial charge on any atom is 0.0252 e. The Bertz CT molecular complexity index is 230. The van der Waals surface area contributed by atoms with Gasteiger partial charge >= 0.3 is 0 Å². The van der Waals surface area contributed by atoms with Gasteiger partial charge in [0.1, 0.15) is 0 Å². The molecule has 0 N–H and O–H groups in total. The van der Waals surface area contributed by atoms with E-state index >= 15 is 0 Å². The minimum Gasteiger partial charge on any atom is -0.126 e. The van der Waals surface area contributed by atoms with Crippen LogP contribution in [0, 0.1) is 5.92 Å². The highest BCUT2D eigenvalue weighted by Crippen LogP contribution is 2.14. The summed E-state index contributed by atoms with van der Waals surface area (Å²) < 4.78 is 1.13. The molecular weight excluding hydrogens is 235 g/mol. The van der Waals surface area contributed by atoms with Gasteiger partial charge in [-0.15, -0.1) is 11.6 Å². The van der Waals surface area contributed by atoms with E-state index in [1.54, 1.807) is 0 Å². The Morgan fingerprint density at radius 3 is 2.42 bits per heavy atom. The molecule has 1 aromatic rings. The maximum absolute atomic E-state index is 5.72. The van der Waals surface area contributed by atoms with Crippen molar-refractivity contribution in [2.45, 2.75) is 13.3 Å². The molecule has 0 bridgehead atoms. The van der Waals surface area contributed by atoms with Crippen LogP contribution < -0.4 is 0 Å². The lowest BCUT2D eigenvalue weighted by atomic mass is 10.0. The van der Waals surface area contributed by atoms with Crippen LogP contribution in [0.3, 0.4) is 0 Å². The van der Waals surface area contributed by atoms with Gasteiger partial charge in [-0.3, -0.25) is 0 Å². The van der Waals surface area contributed by atoms with Crippen LogP contribution in [0.15, 0.2) is 28.7 Å². The first-order valence-electron chi connectivity index (χ1n) is 4.03. The summed E-state index contributed by atoms with van der Waals surface area (Å²) in [5.74, 6) is 1.30. The van der Waals surface area contributed by atoms with Crippen LogP contribution >= 0.6 is 27.5 Å². The molecule has 0 nitrogen and oxygen atoms in total. The first-order chi connectivity index (χ1) is 5.72. The van der Waals surface area contributed by atoms with E-state index in [0.717, 1.165) is 16.8 Å². The molecule has 0 aliphatic rings. The van der Waals surface area contributed by atoms with Gasteiger partial charge in [-0.1, -0.05) is 35.0 Å². The van der Waals surface area contributed by atoms with E-state index in [-0.39, 0.29) is 0 Å². The number of hydrogen-bond donors (Lipinski definition) is 0. The number of rotatable bonds is 3. The second kappa shape index (κ2) is 4.88. The van der Waals surface area contributed by atoms with E-state index < -0.39 is 0 Å². The normalized spacial score (nSPS) is 12.9. The van der Waals surface area contributed by atoms with E-state index in [1.807, 2.05) is 0 Å². The third-order valence-corrected chi connectivity index (χ3v) is 2.82. The van der Waals surface area contributed by atoms with Crippen LogP contribution in [-0.4, -0.2) is 5.88 Å². The van der Waals surface area contributed by atoms with Crippen molar-refractivity contribution in [2.24, 2.45) is 5.92 Å². The molecule has 0 fully saturated rings. The molecule has 0 aliphatic heterocycles. The van der Waals surface area contributed by atoms with Crippen LogP contribution in [0.1, 0.15) is 12.5 Å². The first kappa shape index (κ1) is 10.1. The van der Waals surface area contributed by atoms with Crippen molar-refractivity contribution < 1.29 is 0 Å². The van der Waals surface area contributed by atoms with Crippen LogP contribution in [0.2, 0.25) is 0 Å². The van der Waals surface area contributed by atoms with Crippen molar-refractivity contribution in [3.8, 4) is 0 Å². The molecule has 12 heavy (non-hydrogen) atoms. The lowest BCUT2D eigenvalue weighted by Crippen LogP contribution is -2.00. The Labute approximate surface area is 87.1 Å². The highest BCUT2D eigenvalue weighted by Gasteiger charge is 2.00. The number of hydrogen-bond acceptors (Lipinski definition) is 0. The van der Waals surface area contributed by atoms with Gasteiger partial charge in [0.25, 0.3) is 0 Å². The Morgan fingerprint density at radius 1 is 1.33 bits per heavy atom. The monoisotopic (exact) mass is 246 g/mol. The lowest BCUT2D eigenvalue weighted by molar-refractivity contribution is 0.654. The van der Waals surface area contributed by atoms with Crippen molar-refractivity contribution >= 4 is 27.5 Å². The van der Waals surface area contributed by atoms with Crippen LogP contribution in [0.4, 0.5) is 0 Å². The zero-order valence-electron chi connectivity index (χ0n) is 7.06. The smallest absolute Gasteiger partial charge is 0.0252 e. The van der Waals surface area contributed by atoms with E-state index in [2.05, 4.69) is 47.1 Å².